The molecule has 0 radical (unpaired) electrons. The van der Waals surface area contributed by atoms with Crippen LogP contribution in [0.1, 0.15) is 20.3 Å². The first-order chi connectivity index (χ1) is 10.9. The van der Waals surface area contributed by atoms with Crippen LogP contribution >= 0.6 is 12.4 Å². The van der Waals surface area contributed by atoms with Gasteiger partial charge in [-0.05, 0) is 44.0 Å². The molecule has 1 aromatic rings. The molecule has 1 aliphatic rings. The van der Waals surface area contributed by atoms with Crippen LogP contribution in [-0.4, -0.2) is 50.7 Å². The molecule has 2 rings (SSSR count). The van der Waals surface area contributed by atoms with Gasteiger partial charge in [0.05, 0.1) is 25.9 Å². The number of anilines is 1. The normalized spacial score (nSPS) is 21.7. The molecule has 1 heterocycles. The molecule has 1 aromatic carbocycles. The standard InChI is InChI=1S/C17H27N3O3.ClH/c1-12(20-8-7-17(2,10-18)11-20)16(21)19-14-9-13(22-3)5-6-15(14)23-4;/h5-6,9,12H,7-8,10-11,18H2,1-4H3,(H,19,21);1H. The summed E-state index contributed by atoms with van der Waals surface area (Å²) in [6.45, 7) is 6.46. The summed E-state index contributed by atoms with van der Waals surface area (Å²) in [5.41, 5.74) is 6.56. The van der Waals surface area contributed by atoms with Gasteiger partial charge in [-0.25, -0.2) is 0 Å². The molecule has 0 spiro atoms. The zero-order valence-corrected chi connectivity index (χ0v) is 15.6. The lowest BCUT2D eigenvalue weighted by molar-refractivity contribution is -0.120. The first-order valence-corrected chi connectivity index (χ1v) is 7.89. The Morgan fingerprint density at radius 3 is 2.67 bits per heavy atom. The van der Waals surface area contributed by atoms with Crippen molar-refractivity contribution in [2.75, 3.05) is 39.2 Å². The van der Waals surface area contributed by atoms with Gasteiger partial charge < -0.3 is 20.5 Å². The Kier molecular flexibility index (Phi) is 7.32. The molecule has 136 valence electrons. The van der Waals surface area contributed by atoms with Crippen molar-refractivity contribution in [3.8, 4) is 11.5 Å². The third-order valence-electron chi connectivity index (χ3n) is 4.67. The molecule has 0 saturated carbocycles. The summed E-state index contributed by atoms with van der Waals surface area (Å²) in [5.74, 6) is 1.23. The van der Waals surface area contributed by atoms with Gasteiger partial charge in [0, 0.05) is 12.6 Å². The van der Waals surface area contributed by atoms with Crippen molar-refractivity contribution >= 4 is 24.0 Å². The van der Waals surface area contributed by atoms with Gasteiger partial charge >= 0.3 is 0 Å². The fraction of sp³-hybridized carbons (Fsp3) is 0.588. The average molecular weight is 358 g/mol. The summed E-state index contributed by atoms with van der Waals surface area (Å²) in [6.07, 6.45) is 1.02. The van der Waals surface area contributed by atoms with E-state index in [1.54, 1.807) is 32.4 Å². The predicted molar refractivity (Wildman–Crippen MR) is 98.2 cm³/mol. The highest BCUT2D eigenvalue weighted by Gasteiger charge is 2.36. The number of hydrogen-bond donors (Lipinski definition) is 2. The van der Waals surface area contributed by atoms with E-state index in [1.165, 1.54) is 0 Å². The maximum atomic E-state index is 12.6. The van der Waals surface area contributed by atoms with Crippen molar-refractivity contribution < 1.29 is 14.3 Å². The summed E-state index contributed by atoms with van der Waals surface area (Å²) < 4.78 is 10.5. The molecule has 2 unspecified atom stereocenters. The van der Waals surface area contributed by atoms with Gasteiger partial charge in [-0.1, -0.05) is 6.92 Å². The Bertz CT molecular complexity index is 570. The van der Waals surface area contributed by atoms with E-state index >= 15 is 0 Å². The summed E-state index contributed by atoms with van der Waals surface area (Å²) in [7, 11) is 3.17. The largest absolute Gasteiger partial charge is 0.497 e. The first kappa shape index (κ1) is 20.5. The first-order valence-electron chi connectivity index (χ1n) is 7.89. The highest BCUT2D eigenvalue weighted by molar-refractivity contribution is 5.96. The zero-order valence-electron chi connectivity index (χ0n) is 14.8. The van der Waals surface area contributed by atoms with Crippen molar-refractivity contribution in [3.05, 3.63) is 18.2 Å². The van der Waals surface area contributed by atoms with Gasteiger partial charge in [0.2, 0.25) is 5.91 Å². The predicted octanol–water partition coefficient (Wildman–Crippen LogP) is 2.12. The van der Waals surface area contributed by atoms with Crippen LogP contribution in [0.25, 0.3) is 0 Å². The molecule has 24 heavy (non-hydrogen) atoms. The van der Waals surface area contributed by atoms with E-state index in [9.17, 15) is 4.79 Å². The fourth-order valence-corrected chi connectivity index (χ4v) is 2.87. The second-order valence-electron chi connectivity index (χ2n) is 6.47. The molecule has 1 aliphatic heterocycles. The summed E-state index contributed by atoms with van der Waals surface area (Å²) in [5, 5.41) is 2.94. The third kappa shape index (κ3) is 4.53. The number of nitrogens with two attached hydrogens (primary N) is 1. The van der Waals surface area contributed by atoms with E-state index in [0.717, 1.165) is 19.5 Å². The lowest BCUT2D eigenvalue weighted by atomic mass is 9.90. The summed E-state index contributed by atoms with van der Waals surface area (Å²) in [4.78, 5) is 14.8. The van der Waals surface area contributed by atoms with Crippen LogP contribution in [-0.2, 0) is 4.79 Å². The molecule has 1 saturated heterocycles. The van der Waals surface area contributed by atoms with E-state index in [1.807, 2.05) is 6.92 Å². The van der Waals surface area contributed by atoms with Gasteiger partial charge in [-0.3, -0.25) is 9.69 Å². The van der Waals surface area contributed by atoms with E-state index in [4.69, 9.17) is 15.2 Å². The van der Waals surface area contributed by atoms with Gasteiger partial charge in [-0.15, -0.1) is 12.4 Å². The van der Waals surface area contributed by atoms with Crippen molar-refractivity contribution in [2.24, 2.45) is 11.1 Å². The molecular formula is C17H28ClN3O3. The molecular weight excluding hydrogens is 330 g/mol. The van der Waals surface area contributed by atoms with Crippen molar-refractivity contribution in [1.29, 1.82) is 0 Å². The van der Waals surface area contributed by atoms with E-state index in [0.29, 0.717) is 23.7 Å². The van der Waals surface area contributed by atoms with Crippen molar-refractivity contribution in [3.63, 3.8) is 0 Å². The maximum absolute atomic E-state index is 12.6. The van der Waals surface area contributed by atoms with Crippen LogP contribution in [0.15, 0.2) is 18.2 Å². The smallest absolute Gasteiger partial charge is 0.241 e. The maximum Gasteiger partial charge on any atom is 0.241 e. The monoisotopic (exact) mass is 357 g/mol. The lowest BCUT2D eigenvalue weighted by Crippen LogP contribution is -2.42. The minimum absolute atomic E-state index is 0. The Morgan fingerprint density at radius 2 is 2.12 bits per heavy atom. The minimum Gasteiger partial charge on any atom is -0.497 e. The number of ether oxygens (including phenoxy) is 2. The highest BCUT2D eigenvalue weighted by Crippen LogP contribution is 2.31. The van der Waals surface area contributed by atoms with Crippen molar-refractivity contribution in [2.45, 2.75) is 26.3 Å². The number of likely N-dealkylation sites (tertiary alicyclic amines) is 1. The number of nitrogens with zero attached hydrogens (tertiary/aromatic N) is 1. The summed E-state index contributed by atoms with van der Waals surface area (Å²) >= 11 is 0. The van der Waals surface area contributed by atoms with Gasteiger partial charge in [0.15, 0.2) is 0 Å². The molecule has 0 aromatic heterocycles. The number of carbonyl (C=O) groups is 1. The van der Waals surface area contributed by atoms with Crippen LogP contribution in [0.4, 0.5) is 5.69 Å². The van der Waals surface area contributed by atoms with E-state index in [-0.39, 0.29) is 29.8 Å². The summed E-state index contributed by atoms with van der Waals surface area (Å²) in [6, 6.07) is 5.11. The SMILES string of the molecule is COc1ccc(OC)c(NC(=O)C(C)N2CCC(C)(CN)C2)c1.Cl. The second kappa shape index (κ2) is 8.55. The fourth-order valence-electron chi connectivity index (χ4n) is 2.87. The molecule has 2 atom stereocenters. The Hall–Kier alpha value is -1.50. The van der Waals surface area contributed by atoms with E-state index < -0.39 is 0 Å². The van der Waals surface area contributed by atoms with Crippen molar-refractivity contribution in [1.82, 2.24) is 4.90 Å². The number of methoxy groups -OCH3 is 2. The quantitative estimate of drug-likeness (QED) is 0.815. The van der Waals surface area contributed by atoms with Crippen LogP contribution < -0.4 is 20.5 Å². The third-order valence-corrected chi connectivity index (χ3v) is 4.67. The minimum atomic E-state index is -0.223. The Morgan fingerprint density at radius 1 is 1.42 bits per heavy atom. The molecule has 1 fully saturated rings. The lowest BCUT2D eigenvalue weighted by Gasteiger charge is -2.26. The average Bonchev–Trinajstić information content (AvgIpc) is 2.97. The van der Waals surface area contributed by atoms with Crippen LogP contribution in [0.2, 0.25) is 0 Å². The zero-order chi connectivity index (χ0) is 17.0. The van der Waals surface area contributed by atoms with Gasteiger partial charge in [-0.2, -0.15) is 0 Å². The number of rotatable bonds is 6. The van der Waals surface area contributed by atoms with Crippen LogP contribution in [0, 0.1) is 5.41 Å². The number of nitrogens with one attached hydrogen (secondary N) is 1. The second-order valence-corrected chi connectivity index (χ2v) is 6.47. The molecule has 0 bridgehead atoms. The molecule has 7 heteroatoms. The van der Waals surface area contributed by atoms with Crippen LogP contribution in [0.5, 0.6) is 11.5 Å². The molecule has 3 N–H and O–H groups in total. The molecule has 0 aliphatic carbocycles. The number of halogens is 1. The number of amides is 1. The Balaban J connectivity index is 0.00000288. The van der Waals surface area contributed by atoms with Gasteiger partial charge in [0.25, 0.3) is 0 Å². The van der Waals surface area contributed by atoms with E-state index in [2.05, 4.69) is 17.1 Å². The molecule has 6 nitrogen and oxygen atoms in total. The molecule has 1 amide bonds. The highest BCUT2D eigenvalue weighted by atomic mass is 35.5. The number of benzene rings is 1. The topological polar surface area (TPSA) is 76.8 Å². The van der Waals surface area contributed by atoms with Crippen LogP contribution in [0.3, 0.4) is 0 Å². The number of hydrogen-bond acceptors (Lipinski definition) is 5. The van der Waals surface area contributed by atoms with Gasteiger partial charge in [0.1, 0.15) is 11.5 Å². The Labute approximate surface area is 150 Å². The number of carbonyl (C=O) groups excluding carboxylic acids is 1.